The Labute approximate surface area is 455 Å². The number of amides is 1. The second-order valence-electron chi connectivity index (χ2n) is 21.1. The molecule has 0 spiro atoms. The topological polar surface area (TPSA) is 69.6 Å². The van der Waals surface area contributed by atoms with Crippen LogP contribution in [0, 0.1) is 0 Å². The second-order valence-corrected chi connectivity index (χ2v) is 21.1. The van der Waals surface area contributed by atoms with Crippen molar-refractivity contribution in [1.82, 2.24) is 5.32 Å². The molecule has 2 unspecified atom stereocenters. The molecule has 0 rings (SSSR count). The number of allylic oxidation sites excluding steroid dienone is 18. The predicted octanol–water partition coefficient (Wildman–Crippen LogP) is 21.4. The number of carbonyl (C=O) groups is 1. The molecule has 0 fully saturated rings. The molecule has 4 heteroatoms. The Bertz CT molecular complexity index is 1380. The lowest BCUT2D eigenvalue weighted by Crippen LogP contribution is -2.45. The van der Waals surface area contributed by atoms with E-state index in [-0.39, 0.29) is 12.5 Å². The second kappa shape index (κ2) is 63.3. The Morgan fingerprint density at radius 1 is 0.342 bits per heavy atom. The highest BCUT2D eigenvalue weighted by Crippen LogP contribution is 2.17. The summed E-state index contributed by atoms with van der Waals surface area (Å²) in [6.45, 7) is 4.26. The number of aliphatic hydroxyl groups excluding tert-OH is 2. The third-order valence-corrected chi connectivity index (χ3v) is 14.0. The van der Waals surface area contributed by atoms with Crippen LogP contribution in [0.1, 0.15) is 303 Å². The first-order valence-corrected chi connectivity index (χ1v) is 31.6. The Morgan fingerprint density at radius 3 is 0.904 bits per heavy atom. The molecular formula is C69H121NO3. The summed E-state index contributed by atoms with van der Waals surface area (Å²) in [5, 5.41) is 23.4. The Morgan fingerprint density at radius 2 is 0.603 bits per heavy atom. The SMILES string of the molecule is CC/C=C\C/C=C\C/C=C\C/C=C\C/C=C\C/C=C\C/C=C\C/C=C\C/C=C\CCCCCCCCCC(=O)NC(CO)C(O)CCCCCCCCCCCCCCCCCCCCCCCCCCCC. The lowest BCUT2D eigenvalue weighted by Gasteiger charge is -2.22. The van der Waals surface area contributed by atoms with E-state index in [2.05, 4.69) is 129 Å². The van der Waals surface area contributed by atoms with Crippen LogP contribution in [0.5, 0.6) is 0 Å². The first-order valence-electron chi connectivity index (χ1n) is 31.6. The molecule has 0 bridgehead atoms. The molecule has 0 aliphatic rings. The van der Waals surface area contributed by atoms with E-state index >= 15 is 0 Å². The quantitative estimate of drug-likeness (QED) is 0.0420. The summed E-state index contributed by atoms with van der Waals surface area (Å²) in [5.41, 5.74) is 0. The lowest BCUT2D eigenvalue weighted by molar-refractivity contribution is -0.123. The van der Waals surface area contributed by atoms with Crippen molar-refractivity contribution in [3.05, 3.63) is 109 Å². The monoisotopic (exact) mass is 1010 g/mol. The fraction of sp³-hybridized carbons (Fsp3) is 0.725. The maximum absolute atomic E-state index is 12.5. The van der Waals surface area contributed by atoms with Crippen LogP contribution in [0.2, 0.25) is 0 Å². The fourth-order valence-corrected chi connectivity index (χ4v) is 9.30. The smallest absolute Gasteiger partial charge is 0.220 e. The van der Waals surface area contributed by atoms with E-state index in [1.807, 2.05) is 0 Å². The van der Waals surface area contributed by atoms with Crippen molar-refractivity contribution >= 4 is 5.91 Å². The molecule has 0 radical (unpaired) electrons. The maximum Gasteiger partial charge on any atom is 0.220 e. The zero-order valence-electron chi connectivity index (χ0n) is 48.4. The average molecular weight is 1010 g/mol. The average Bonchev–Trinajstić information content (AvgIpc) is 3.40. The lowest BCUT2D eigenvalue weighted by atomic mass is 10.0. The minimum atomic E-state index is -0.673. The predicted molar refractivity (Wildman–Crippen MR) is 326 cm³/mol. The van der Waals surface area contributed by atoms with E-state index in [1.54, 1.807) is 0 Å². The van der Waals surface area contributed by atoms with E-state index in [9.17, 15) is 15.0 Å². The van der Waals surface area contributed by atoms with Crippen LogP contribution in [0.15, 0.2) is 109 Å². The largest absolute Gasteiger partial charge is 0.394 e. The zero-order chi connectivity index (χ0) is 52.7. The molecule has 420 valence electrons. The number of unbranched alkanes of at least 4 members (excludes halogenated alkanes) is 32. The van der Waals surface area contributed by atoms with Crippen molar-refractivity contribution in [2.45, 2.75) is 315 Å². The molecule has 0 saturated carbocycles. The molecule has 2 atom stereocenters. The molecule has 0 aliphatic heterocycles. The maximum atomic E-state index is 12.5. The number of aliphatic hydroxyl groups is 2. The van der Waals surface area contributed by atoms with Crippen LogP contribution in [0.25, 0.3) is 0 Å². The van der Waals surface area contributed by atoms with Gasteiger partial charge in [0.2, 0.25) is 5.91 Å². The first-order chi connectivity index (χ1) is 36.2. The van der Waals surface area contributed by atoms with Gasteiger partial charge in [0.25, 0.3) is 0 Å². The van der Waals surface area contributed by atoms with Crippen molar-refractivity contribution in [3.63, 3.8) is 0 Å². The van der Waals surface area contributed by atoms with Crippen LogP contribution in [-0.4, -0.2) is 34.9 Å². The highest BCUT2D eigenvalue weighted by atomic mass is 16.3. The number of hydrogen-bond acceptors (Lipinski definition) is 3. The van der Waals surface area contributed by atoms with Gasteiger partial charge in [0, 0.05) is 6.42 Å². The summed E-state index contributed by atoms with van der Waals surface area (Å²) >= 11 is 0. The van der Waals surface area contributed by atoms with Crippen molar-refractivity contribution in [2.75, 3.05) is 6.61 Å². The van der Waals surface area contributed by atoms with E-state index < -0.39 is 12.1 Å². The van der Waals surface area contributed by atoms with Gasteiger partial charge < -0.3 is 15.5 Å². The number of rotatable bonds is 57. The van der Waals surface area contributed by atoms with E-state index in [0.717, 1.165) is 96.3 Å². The Hall–Kier alpha value is -2.95. The standard InChI is InChI=1S/C69H121NO3/c1-3-5-7-9-11-13-15-17-19-21-23-25-27-29-31-32-33-34-35-36-37-38-39-41-43-45-47-49-51-53-55-57-59-61-63-65-69(73)70-67(66-71)68(72)64-62-60-58-56-54-52-50-48-46-44-42-40-30-28-26-24-22-20-18-16-14-12-10-8-6-4-2/h5,7,11,13,17,19,23,25,29,31,33-34,36-37,39,41,45,47,67-68,71-72H,3-4,6,8-10,12,14-16,18,20-22,24,26-28,30,32,35,38,40,42-44,46,48-66H2,1-2H3,(H,70,73)/b7-5-,13-11-,19-17-,25-23-,31-29-,34-33-,37-36-,41-39-,47-45-. The van der Waals surface area contributed by atoms with Gasteiger partial charge in [-0.3, -0.25) is 4.79 Å². The van der Waals surface area contributed by atoms with E-state index in [4.69, 9.17) is 0 Å². The highest BCUT2D eigenvalue weighted by molar-refractivity contribution is 5.76. The van der Waals surface area contributed by atoms with Crippen molar-refractivity contribution in [2.24, 2.45) is 0 Å². The summed E-state index contributed by atoms with van der Waals surface area (Å²) in [6, 6.07) is -0.552. The van der Waals surface area contributed by atoms with E-state index in [0.29, 0.717) is 12.8 Å². The van der Waals surface area contributed by atoms with Gasteiger partial charge in [0.1, 0.15) is 0 Å². The molecular weight excluding hydrogens is 891 g/mol. The van der Waals surface area contributed by atoms with Crippen LogP contribution in [-0.2, 0) is 4.79 Å². The summed E-state index contributed by atoms with van der Waals surface area (Å²) in [5.74, 6) is -0.0435. The number of carbonyl (C=O) groups excluding carboxylic acids is 1. The summed E-state index contributed by atoms with van der Waals surface area (Å²) in [4.78, 5) is 12.5. The molecule has 3 N–H and O–H groups in total. The van der Waals surface area contributed by atoms with Gasteiger partial charge in [0.05, 0.1) is 18.8 Å². The van der Waals surface area contributed by atoms with Crippen LogP contribution in [0.3, 0.4) is 0 Å². The third-order valence-electron chi connectivity index (χ3n) is 14.0. The third kappa shape index (κ3) is 59.8. The fourth-order valence-electron chi connectivity index (χ4n) is 9.30. The van der Waals surface area contributed by atoms with Crippen molar-refractivity contribution in [1.29, 1.82) is 0 Å². The van der Waals surface area contributed by atoms with Gasteiger partial charge in [-0.1, -0.05) is 322 Å². The van der Waals surface area contributed by atoms with Gasteiger partial charge in [-0.25, -0.2) is 0 Å². The molecule has 0 aliphatic carbocycles. The summed E-state index contributed by atoms with van der Waals surface area (Å²) in [7, 11) is 0. The van der Waals surface area contributed by atoms with Gasteiger partial charge in [-0.05, 0) is 83.5 Å². The number of hydrogen-bond donors (Lipinski definition) is 3. The van der Waals surface area contributed by atoms with Gasteiger partial charge in [-0.15, -0.1) is 0 Å². The van der Waals surface area contributed by atoms with Crippen molar-refractivity contribution in [3.8, 4) is 0 Å². The van der Waals surface area contributed by atoms with Crippen LogP contribution in [0.4, 0.5) is 0 Å². The minimum absolute atomic E-state index is 0.0435. The molecule has 0 heterocycles. The van der Waals surface area contributed by atoms with Crippen molar-refractivity contribution < 1.29 is 15.0 Å². The molecule has 0 saturated heterocycles. The minimum Gasteiger partial charge on any atom is -0.394 e. The number of nitrogens with one attached hydrogen (secondary N) is 1. The summed E-state index contributed by atoms with van der Waals surface area (Å²) in [6.07, 6.45) is 95.2. The molecule has 73 heavy (non-hydrogen) atoms. The van der Waals surface area contributed by atoms with Gasteiger partial charge in [-0.2, -0.15) is 0 Å². The van der Waals surface area contributed by atoms with Gasteiger partial charge >= 0.3 is 0 Å². The highest BCUT2D eigenvalue weighted by Gasteiger charge is 2.20. The molecule has 0 aromatic carbocycles. The molecule has 4 nitrogen and oxygen atoms in total. The molecule has 1 amide bonds. The first kappa shape index (κ1) is 70.1. The van der Waals surface area contributed by atoms with Gasteiger partial charge in [0.15, 0.2) is 0 Å². The summed E-state index contributed by atoms with van der Waals surface area (Å²) < 4.78 is 0. The van der Waals surface area contributed by atoms with Crippen LogP contribution >= 0.6 is 0 Å². The molecule has 0 aromatic rings. The Balaban J connectivity index is 3.56. The zero-order valence-corrected chi connectivity index (χ0v) is 48.4. The normalized spacial score (nSPS) is 13.5. The molecule has 0 aromatic heterocycles. The van der Waals surface area contributed by atoms with Crippen LogP contribution < -0.4 is 5.32 Å². The Kier molecular flexibility index (Phi) is 60.8. The van der Waals surface area contributed by atoms with E-state index in [1.165, 1.54) is 180 Å².